The van der Waals surface area contributed by atoms with Crippen LogP contribution in [-0.2, 0) is 0 Å². The summed E-state index contributed by atoms with van der Waals surface area (Å²) in [5.74, 6) is 0. The van der Waals surface area contributed by atoms with Crippen LogP contribution in [0, 0.1) is 13.8 Å². The third kappa shape index (κ3) is 2.93. The first kappa shape index (κ1) is 16.9. The third-order valence-electron chi connectivity index (χ3n) is 4.97. The summed E-state index contributed by atoms with van der Waals surface area (Å²) in [6.45, 7) is 11.4. The molecular weight excluding hydrogens is 332 g/mol. The number of hydrogen-bond acceptors (Lipinski definition) is 2. The van der Waals surface area contributed by atoms with Crippen molar-refractivity contribution in [2.45, 2.75) is 33.5 Å². The van der Waals surface area contributed by atoms with E-state index in [1.807, 2.05) is 12.4 Å². The van der Waals surface area contributed by atoms with E-state index in [0.717, 1.165) is 22.2 Å². The second-order valence-electron chi connectivity index (χ2n) is 8.24. The molecule has 0 aliphatic heterocycles. The monoisotopic (exact) mass is 356 g/mol. The standard InChI is InChI=1S/C23H24N2Si/c1-15-10-16(2)12-17(11-15)23-21-14-25-22-13-18(26(3,4)5)6-7-20(22)19(21)8-9-24-23/h6-14H,1-5H3. The van der Waals surface area contributed by atoms with Crippen LogP contribution in [0.4, 0.5) is 0 Å². The minimum Gasteiger partial charge on any atom is -0.256 e. The van der Waals surface area contributed by atoms with Crippen molar-refractivity contribution in [2.75, 3.05) is 0 Å². The molecule has 0 radical (unpaired) electrons. The number of nitrogens with zero attached hydrogens (tertiary/aromatic N) is 2. The van der Waals surface area contributed by atoms with Gasteiger partial charge in [0.2, 0.25) is 0 Å². The van der Waals surface area contributed by atoms with Crippen LogP contribution >= 0.6 is 0 Å². The highest BCUT2D eigenvalue weighted by molar-refractivity contribution is 6.88. The molecule has 0 atom stereocenters. The zero-order valence-electron chi connectivity index (χ0n) is 16.1. The summed E-state index contributed by atoms with van der Waals surface area (Å²) in [6, 6.07) is 15.5. The average molecular weight is 357 g/mol. The fourth-order valence-corrected chi connectivity index (χ4v) is 4.80. The van der Waals surface area contributed by atoms with Crippen LogP contribution < -0.4 is 5.19 Å². The number of pyridine rings is 2. The van der Waals surface area contributed by atoms with Crippen LogP contribution in [-0.4, -0.2) is 18.0 Å². The molecule has 2 aromatic carbocycles. The molecule has 0 bridgehead atoms. The Morgan fingerprint density at radius 1 is 0.731 bits per heavy atom. The zero-order chi connectivity index (χ0) is 18.5. The first-order valence-electron chi connectivity index (χ1n) is 9.09. The van der Waals surface area contributed by atoms with Gasteiger partial charge in [0, 0.05) is 28.7 Å². The molecule has 0 spiro atoms. The van der Waals surface area contributed by atoms with E-state index in [4.69, 9.17) is 4.98 Å². The SMILES string of the molecule is Cc1cc(C)cc(-c2nccc3c2cnc2cc([Si](C)(C)C)ccc23)c1. The average Bonchev–Trinajstić information content (AvgIpc) is 2.59. The minimum atomic E-state index is -1.35. The van der Waals surface area contributed by atoms with Gasteiger partial charge in [-0.05, 0) is 43.5 Å². The van der Waals surface area contributed by atoms with Gasteiger partial charge in [-0.2, -0.15) is 0 Å². The van der Waals surface area contributed by atoms with Crippen LogP contribution in [0.25, 0.3) is 32.9 Å². The third-order valence-corrected chi connectivity index (χ3v) is 7.01. The predicted molar refractivity (Wildman–Crippen MR) is 115 cm³/mol. The lowest BCUT2D eigenvalue weighted by Gasteiger charge is -2.17. The summed E-state index contributed by atoms with van der Waals surface area (Å²) in [4.78, 5) is 9.49. The van der Waals surface area contributed by atoms with Crippen molar-refractivity contribution < 1.29 is 0 Å². The van der Waals surface area contributed by atoms with Gasteiger partial charge in [0.15, 0.2) is 0 Å². The highest BCUT2D eigenvalue weighted by Crippen LogP contribution is 2.31. The fourth-order valence-electron chi connectivity index (χ4n) is 3.65. The van der Waals surface area contributed by atoms with Gasteiger partial charge in [-0.25, -0.2) is 0 Å². The van der Waals surface area contributed by atoms with Crippen molar-refractivity contribution in [2.24, 2.45) is 0 Å². The minimum absolute atomic E-state index is 1.01. The van der Waals surface area contributed by atoms with Crippen LogP contribution in [0.5, 0.6) is 0 Å². The molecule has 4 aromatic rings. The summed E-state index contributed by atoms with van der Waals surface area (Å²) in [7, 11) is -1.35. The fraction of sp³-hybridized carbons (Fsp3) is 0.217. The van der Waals surface area contributed by atoms with E-state index in [9.17, 15) is 0 Å². The molecule has 0 amide bonds. The molecule has 3 heteroatoms. The number of fused-ring (bicyclic) bond motifs is 3. The summed E-state index contributed by atoms with van der Waals surface area (Å²) in [6.07, 6.45) is 3.91. The molecule has 130 valence electrons. The molecule has 0 saturated carbocycles. The first-order valence-corrected chi connectivity index (χ1v) is 12.6. The Labute approximate surface area is 155 Å². The molecule has 4 rings (SSSR count). The van der Waals surface area contributed by atoms with Gasteiger partial charge in [-0.1, -0.05) is 54.2 Å². The quantitative estimate of drug-likeness (QED) is 0.344. The number of aromatic nitrogens is 2. The molecule has 0 aliphatic rings. The van der Waals surface area contributed by atoms with Crippen molar-refractivity contribution in [1.29, 1.82) is 0 Å². The number of rotatable bonds is 2. The van der Waals surface area contributed by atoms with E-state index in [1.165, 1.54) is 27.1 Å². The van der Waals surface area contributed by atoms with Gasteiger partial charge < -0.3 is 0 Å². The Bertz CT molecular complexity index is 1120. The Morgan fingerprint density at radius 3 is 2.15 bits per heavy atom. The smallest absolute Gasteiger partial charge is 0.0796 e. The maximum atomic E-state index is 4.80. The lowest BCUT2D eigenvalue weighted by Crippen LogP contribution is -2.37. The van der Waals surface area contributed by atoms with E-state index in [1.54, 1.807) is 0 Å². The number of aryl methyl sites for hydroxylation is 2. The van der Waals surface area contributed by atoms with Crippen molar-refractivity contribution in [3.8, 4) is 11.3 Å². The maximum Gasteiger partial charge on any atom is 0.0796 e. The Hall–Kier alpha value is -2.52. The van der Waals surface area contributed by atoms with Gasteiger partial charge in [0.05, 0.1) is 19.3 Å². The number of hydrogen-bond donors (Lipinski definition) is 0. The number of benzene rings is 2. The summed E-state index contributed by atoms with van der Waals surface area (Å²) < 4.78 is 0. The highest BCUT2D eigenvalue weighted by atomic mass is 28.3. The molecule has 0 fully saturated rings. The lowest BCUT2D eigenvalue weighted by atomic mass is 10.00. The van der Waals surface area contributed by atoms with E-state index >= 15 is 0 Å². The molecule has 0 unspecified atom stereocenters. The summed E-state index contributed by atoms with van der Waals surface area (Å²) in [5, 5.41) is 4.99. The molecule has 0 aliphatic carbocycles. The molecule has 0 N–H and O–H groups in total. The van der Waals surface area contributed by atoms with Crippen LogP contribution in [0.1, 0.15) is 11.1 Å². The highest BCUT2D eigenvalue weighted by Gasteiger charge is 2.17. The molecule has 2 aromatic heterocycles. The lowest BCUT2D eigenvalue weighted by molar-refractivity contribution is 1.32. The molecular formula is C23H24N2Si. The second kappa shape index (κ2) is 6.03. The van der Waals surface area contributed by atoms with Gasteiger partial charge in [0.25, 0.3) is 0 Å². The first-order chi connectivity index (χ1) is 12.3. The molecule has 26 heavy (non-hydrogen) atoms. The van der Waals surface area contributed by atoms with E-state index < -0.39 is 8.07 Å². The van der Waals surface area contributed by atoms with Crippen molar-refractivity contribution in [3.63, 3.8) is 0 Å². The summed E-state index contributed by atoms with van der Waals surface area (Å²) >= 11 is 0. The van der Waals surface area contributed by atoms with Crippen LogP contribution in [0.2, 0.25) is 19.6 Å². The van der Waals surface area contributed by atoms with Gasteiger partial charge in [0.1, 0.15) is 0 Å². The van der Waals surface area contributed by atoms with E-state index in [-0.39, 0.29) is 0 Å². The normalized spacial score (nSPS) is 12.0. The largest absolute Gasteiger partial charge is 0.256 e. The van der Waals surface area contributed by atoms with Crippen molar-refractivity contribution >= 4 is 34.9 Å². The van der Waals surface area contributed by atoms with Gasteiger partial charge in [-0.3, -0.25) is 9.97 Å². The van der Waals surface area contributed by atoms with Crippen molar-refractivity contribution in [1.82, 2.24) is 9.97 Å². The van der Waals surface area contributed by atoms with Crippen LogP contribution in [0.3, 0.4) is 0 Å². The maximum absolute atomic E-state index is 4.80. The van der Waals surface area contributed by atoms with E-state index in [0.29, 0.717) is 0 Å². The topological polar surface area (TPSA) is 25.8 Å². The van der Waals surface area contributed by atoms with E-state index in [2.05, 4.69) is 80.9 Å². The molecule has 0 saturated heterocycles. The van der Waals surface area contributed by atoms with Crippen molar-refractivity contribution in [3.05, 3.63) is 66.0 Å². The Morgan fingerprint density at radius 2 is 1.46 bits per heavy atom. The van der Waals surface area contributed by atoms with Gasteiger partial charge in [-0.15, -0.1) is 0 Å². The Balaban J connectivity index is 1.99. The zero-order valence-corrected chi connectivity index (χ0v) is 17.1. The van der Waals surface area contributed by atoms with Gasteiger partial charge >= 0.3 is 0 Å². The summed E-state index contributed by atoms with van der Waals surface area (Å²) in [5.41, 5.74) is 5.76. The Kier molecular flexibility index (Phi) is 3.92. The molecule has 2 nitrogen and oxygen atoms in total. The predicted octanol–water partition coefficient (Wildman–Crippen LogP) is 5.61. The second-order valence-corrected chi connectivity index (χ2v) is 13.3. The molecule has 2 heterocycles. The van der Waals surface area contributed by atoms with Crippen LogP contribution in [0.15, 0.2) is 54.9 Å².